The van der Waals surface area contributed by atoms with Gasteiger partial charge >= 0.3 is 0 Å². The Labute approximate surface area is 201 Å². The van der Waals surface area contributed by atoms with Crippen LogP contribution in [0.5, 0.6) is 0 Å². The van der Waals surface area contributed by atoms with Crippen LogP contribution in [0, 0.1) is 0 Å². The first-order valence-corrected chi connectivity index (χ1v) is 12.0. The Morgan fingerprint density at radius 2 is 2.06 bits per heavy atom. The fraction of sp³-hybridized carbons (Fsp3) is 0.391. The Kier molecular flexibility index (Phi) is 7.63. The second-order valence-corrected chi connectivity index (χ2v) is 9.22. The fourth-order valence-corrected chi connectivity index (χ4v) is 4.60. The predicted molar refractivity (Wildman–Crippen MR) is 135 cm³/mol. The number of nitrogens with zero attached hydrogens (tertiary/aromatic N) is 4. The van der Waals surface area contributed by atoms with Crippen LogP contribution in [0.2, 0.25) is 0 Å². The maximum Gasteiger partial charge on any atom is 0.168 e. The zero-order valence-electron chi connectivity index (χ0n) is 19.5. The standard InChI is InChI=1S/C23H30F2N8S/c1-15(24)7-6-12-32(2)14-27-21-20-23(31-33(21)3)34-22(30-20)16(25)13-26-11-10-19-28-17-8-4-5-9-18(17)29-19/h4-9,12,16,19,26-29H,10-11,13-14H2,1-3H3/b12-6-,15-7+. The zero-order valence-corrected chi connectivity index (χ0v) is 20.3. The van der Waals surface area contributed by atoms with E-state index < -0.39 is 6.17 Å². The first-order valence-electron chi connectivity index (χ1n) is 11.2. The lowest BCUT2D eigenvalue weighted by Crippen LogP contribution is -2.29. The molecule has 11 heteroatoms. The number of aryl methyl sites for hydroxylation is 1. The van der Waals surface area contributed by atoms with Crippen LogP contribution in [0.1, 0.15) is 24.5 Å². The van der Waals surface area contributed by atoms with Crippen molar-refractivity contribution in [3.05, 3.63) is 53.5 Å². The zero-order chi connectivity index (χ0) is 24.1. The number of halogens is 2. The van der Waals surface area contributed by atoms with E-state index >= 15 is 0 Å². The highest BCUT2D eigenvalue weighted by molar-refractivity contribution is 7.18. The minimum absolute atomic E-state index is 0.134. The van der Waals surface area contributed by atoms with Gasteiger partial charge in [-0.1, -0.05) is 23.5 Å². The Morgan fingerprint density at radius 1 is 1.32 bits per heavy atom. The first kappa shape index (κ1) is 24.0. The number of alkyl halides is 1. The predicted octanol–water partition coefficient (Wildman–Crippen LogP) is 4.57. The normalized spacial score (nSPS) is 14.9. The van der Waals surface area contributed by atoms with Crippen LogP contribution >= 0.6 is 11.3 Å². The van der Waals surface area contributed by atoms with Crippen molar-refractivity contribution < 1.29 is 8.78 Å². The number of para-hydroxylation sites is 2. The molecule has 0 radical (unpaired) electrons. The lowest BCUT2D eigenvalue weighted by Gasteiger charge is -2.15. The molecule has 1 aliphatic rings. The SMILES string of the molecule is C/C(F)=C\C=C/N(C)CNc1c2nc(C(F)CNCCC3Nc4ccccc4N3)sc2nn1C. The van der Waals surface area contributed by atoms with Crippen molar-refractivity contribution >= 4 is 38.9 Å². The third-order valence-electron chi connectivity index (χ3n) is 5.36. The van der Waals surface area contributed by atoms with Gasteiger partial charge in [0, 0.05) is 26.8 Å². The number of aromatic nitrogens is 3. The summed E-state index contributed by atoms with van der Waals surface area (Å²) in [5, 5.41) is 18.2. The van der Waals surface area contributed by atoms with E-state index in [9.17, 15) is 8.78 Å². The molecular formula is C23H30F2N8S. The molecule has 0 fully saturated rings. The Balaban J connectivity index is 1.26. The van der Waals surface area contributed by atoms with Gasteiger partial charge in [-0.3, -0.25) is 0 Å². The lowest BCUT2D eigenvalue weighted by molar-refractivity contribution is 0.326. The first-order chi connectivity index (χ1) is 16.4. The number of anilines is 3. The molecule has 2 aromatic heterocycles. The van der Waals surface area contributed by atoms with Crippen molar-refractivity contribution in [2.45, 2.75) is 25.7 Å². The number of fused-ring (bicyclic) bond motifs is 2. The maximum atomic E-state index is 14.9. The van der Waals surface area contributed by atoms with Crippen molar-refractivity contribution in [1.29, 1.82) is 0 Å². The van der Waals surface area contributed by atoms with E-state index in [2.05, 4.69) is 31.3 Å². The number of nitrogens with one attached hydrogen (secondary N) is 4. The summed E-state index contributed by atoms with van der Waals surface area (Å²) in [5.74, 6) is 0.460. The molecule has 4 rings (SSSR count). The van der Waals surface area contributed by atoms with Crippen molar-refractivity contribution in [2.24, 2.45) is 7.05 Å². The van der Waals surface area contributed by atoms with Crippen molar-refractivity contribution in [3.8, 4) is 0 Å². The van der Waals surface area contributed by atoms with Gasteiger partial charge in [0.25, 0.3) is 0 Å². The highest BCUT2D eigenvalue weighted by atomic mass is 32.1. The second-order valence-electron chi connectivity index (χ2n) is 8.21. The number of hydrogen-bond acceptors (Lipinski definition) is 8. The Bertz CT molecular complexity index is 1140. The summed E-state index contributed by atoms with van der Waals surface area (Å²) in [7, 11) is 3.68. The summed E-state index contributed by atoms with van der Waals surface area (Å²) in [6.07, 6.45) is 4.53. The van der Waals surface area contributed by atoms with Crippen LogP contribution in [0.25, 0.3) is 10.3 Å². The smallest absolute Gasteiger partial charge is 0.168 e. The van der Waals surface area contributed by atoms with Crippen molar-refractivity contribution in [3.63, 3.8) is 0 Å². The molecule has 1 unspecified atom stereocenters. The van der Waals surface area contributed by atoms with E-state index in [1.54, 1.807) is 17.0 Å². The summed E-state index contributed by atoms with van der Waals surface area (Å²) in [6, 6.07) is 8.07. The van der Waals surface area contributed by atoms with Crippen LogP contribution in [-0.2, 0) is 7.05 Å². The van der Waals surface area contributed by atoms with Gasteiger partial charge in [-0.25, -0.2) is 18.4 Å². The van der Waals surface area contributed by atoms with Gasteiger partial charge in [0.1, 0.15) is 10.5 Å². The molecule has 182 valence electrons. The number of hydrogen-bond donors (Lipinski definition) is 4. The topological polar surface area (TPSA) is 82.1 Å². The Hall–Kier alpha value is -3.18. The monoisotopic (exact) mass is 488 g/mol. The molecule has 1 aromatic carbocycles. The van der Waals surface area contributed by atoms with E-state index in [0.29, 0.717) is 34.4 Å². The van der Waals surface area contributed by atoms with Gasteiger partial charge in [-0.05, 0) is 44.2 Å². The maximum absolute atomic E-state index is 14.9. The third kappa shape index (κ3) is 5.84. The molecule has 8 nitrogen and oxygen atoms in total. The minimum Gasteiger partial charge on any atom is -0.364 e. The fourth-order valence-electron chi connectivity index (χ4n) is 3.65. The van der Waals surface area contributed by atoms with Gasteiger partial charge in [0.2, 0.25) is 0 Å². The summed E-state index contributed by atoms with van der Waals surface area (Å²) >= 11 is 1.27. The molecule has 3 aromatic rings. The van der Waals surface area contributed by atoms with Crippen molar-refractivity contribution in [1.82, 2.24) is 25.0 Å². The summed E-state index contributed by atoms with van der Waals surface area (Å²) < 4.78 is 29.4. The summed E-state index contributed by atoms with van der Waals surface area (Å²) in [6.45, 7) is 2.73. The van der Waals surface area contributed by atoms with E-state index in [1.165, 1.54) is 24.3 Å². The number of thiazole rings is 1. The molecule has 0 saturated carbocycles. The number of allylic oxidation sites excluding steroid dienone is 3. The molecule has 34 heavy (non-hydrogen) atoms. The number of benzene rings is 1. The quantitative estimate of drug-likeness (QED) is 0.179. The van der Waals surface area contributed by atoms with Crippen molar-refractivity contribution in [2.75, 3.05) is 42.8 Å². The van der Waals surface area contributed by atoms with Crippen LogP contribution in [0.3, 0.4) is 0 Å². The lowest BCUT2D eigenvalue weighted by atomic mass is 10.3. The molecule has 0 aliphatic carbocycles. The molecular weight excluding hydrogens is 458 g/mol. The van der Waals surface area contributed by atoms with Crippen LogP contribution in [0.15, 0.2) is 48.4 Å². The van der Waals surface area contributed by atoms with Gasteiger partial charge in [-0.15, -0.1) is 0 Å². The molecule has 4 N–H and O–H groups in total. The molecule has 0 saturated heterocycles. The molecule has 3 heterocycles. The van der Waals surface area contributed by atoms with Gasteiger partial charge in [0.05, 0.1) is 30.0 Å². The van der Waals surface area contributed by atoms with E-state index in [-0.39, 0.29) is 18.5 Å². The average molecular weight is 489 g/mol. The average Bonchev–Trinajstić information content (AvgIpc) is 3.47. The van der Waals surface area contributed by atoms with E-state index in [1.807, 2.05) is 43.3 Å². The summed E-state index contributed by atoms with van der Waals surface area (Å²) in [4.78, 5) is 7.07. The van der Waals surface area contributed by atoms with E-state index in [4.69, 9.17) is 0 Å². The largest absolute Gasteiger partial charge is 0.364 e. The van der Waals surface area contributed by atoms with Crippen LogP contribution < -0.4 is 21.3 Å². The second kappa shape index (κ2) is 10.8. The number of rotatable bonds is 11. The van der Waals surface area contributed by atoms with Gasteiger partial charge in [0.15, 0.2) is 16.8 Å². The molecule has 0 spiro atoms. The van der Waals surface area contributed by atoms with Crippen LogP contribution in [-0.4, -0.2) is 52.6 Å². The third-order valence-corrected chi connectivity index (χ3v) is 6.39. The highest BCUT2D eigenvalue weighted by Crippen LogP contribution is 2.32. The molecule has 0 bridgehead atoms. The van der Waals surface area contributed by atoms with Gasteiger partial charge in [-0.2, -0.15) is 5.10 Å². The minimum atomic E-state index is -1.21. The molecule has 1 atom stereocenters. The summed E-state index contributed by atoms with van der Waals surface area (Å²) in [5.41, 5.74) is 2.84. The highest BCUT2D eigenvalue weighted by Gasteiger charge is 2.21. The van der Waals surface area contributed by atoms with Gasteiger partial charge < -0.3 is 26.2 Å². The Morgan fingerprint density at radius 3 is 2.76 bits per heavy atom. The van der Waals surface area contributed by atoms with Crippen LogP contribution in [0.4, 0.5) is 26.0 Å². The van der Waals surface area contributed by atoms with E-state index in [0.717, 1.165) is 17.8 Å². The molecule has 0 amide bonds. The molecule has 1 aliphatic heterocycles.